The summed E-state index contributed by atoms with van der Waals surface area (Å²) in [6.45, 7) is 4.75. The number of hydrogen-bond donors (Lipinski definition) is 1. The molecule has 3 aromatic rings. The van der Waals surface area contributed by atoms with E-state index in [2.05, 4.69) is 34.8 Å². The van der Waals surface area contributed by atoms with Gasteiger partial charge in [-0.25, -0.2) is 4.98 Å². The van der Waals surface area contributed by atoms with Crippen LogP contribution in [0.2, 0.25) is 0 Å². The highest BCUT2D eigenvalue weighted by Gasteiger charge is 2.11. The zero-order valence-corrected chi connectivity index (χ0v) is 13.6. The third-order valence-electron chi connectivity index (χ3n) is 3.89. The lowest BCUT2D eigenvalue weighted by molar-refractivity contribution is 0.0951. The van der Waals surface area contributed by atoms with E-state index in [4.69, 9.17) is 4.98 Å². The first-order valence-corrected chi connectivity index (χ1v) is 7.69. The minimum atomic E-state index is -0.101. The molecule has 0 unspecified atom stereocenters. The fraction of sp³-hybridized carbons (Fsp3) is 0.278. The van der Waals surface area contributed by atoms with Crippen molar-refractivity contribution in [2.24, 2.45) is 7.05 Å². The molecule has 0 aliphatic heterocycles. The monoisotopic (exact) mass is 308 g/mol. The number of rotatable bonds is 4. The van der Waals surface area contributed by atoms with Gasteiger partial charge in [-0.15, -0.1) is 0 Å². The van der Waals surface area contributed by atoms with Crippen molar-refractivity contribution >= 4 is 16.9 Å². The second kappa shape index (κ2) is 6.20. The summed E-state index contributed by atoms with van der Waals surface area (Å²) in [5.74, 6) is 1.34. The Kier molecular flexibility index (Phi) is 4.10. The van der Waals surface area contributed by atoms with E-state index < -0.39 is 0 Å². The van der Waals surface area contributed by atoms with Crippen LogP contribution in [0.4, 0.5) is 0 Å². The van der Waals surface area contributed by atoms with Crippen LogP contribution < -0.4 is 5.32 Å². The smallest absolute Gasteiger partial charge is 0.251 e. The molecule has 5 heteroatoms. The number of carbonyl (C=O) groups excluding carboxylic acids is 1. The minimum absolute atomic E-state index is 0.101. The number of fused-ring (bicyclic) bond motifs is 1. The molecule has 0 aliphatic carbocycles. The molecule has 0 aliphatic rings. The van der Waals surface area contributed by atoms with Gasteiger partial charge in [-0.1, -0.05) is 19.9 Å². The maximum Gasteiger partial charge on any atom is 0.251 e. The second-order valence-corrected chi connectivity index (χ2v) is 5.93. The Bertz CT molecular complexity index is 837. The second-order valence-electron chi connectivity index (χ2n) is 5.93. The van der Waals surface area contributed by atoms with Crippen LogP contribution in [-0.2, 0) is 13.6 Å². The summed E-state index contributed by atoms with van der Waals surface area (Å²) in [6.07, 6.45) is 3.23. The average molecular weight is 308 g/mol. The van der Waals surface area contributed by atoms with Gasteiger partial charge in [0.1, 0.15) is 5.82 Å². The molecule has 118 valence electrons. The molecule has 2 heterocycles. The van der Waals surface area contributed by atoms with Crippen molar-refractivity contribution < 1.29 is 4.79 Å². The molecular formula is C18H20N4O. The predicted molar refractivity (Wildman–Crippen MR) is 90.2 cm³/mol. The van der Waals surface area contributed by atoms with Crippen molar-refractivity contribution in [3.63, 3.8) is 0 Å². The number of imidazole rings is 1. The van der Waals surface area contributed by atoms with Crippen LogP contribution in [0.3, 0.4) is 0 Å². The molecule has 1 amide bonds. The van der Waals surface area contributed by atoms with Crippen molar-refractivity contribution in [1.29, 1.82) is 0 Å². The summed E-state index contributed by atoms with van der Waals surface area (Å²) in [5.41, 5.74) is 3.72. The van der Waals surface area contributed by atoms with Gasteiger partial charge in [-0.2, -0.15) is 0 Å². The van der Waals surface area contributed by atoms with Crippen LogP contribution in [0.25, 0.3) is 11.0 Å². The topological polar surface area (TPSA) is 59.8 Å². The molecule has 0 saturated carbocycles. The highest BCUT2D eigenvalue weighted by Crippen LogP contribution is 2.21. The van der Waals surface area contributed by atoms with Gasteiger partial charge in [0.25, 0.3) is 5.91 Å². The van der Waals surface area contributed by atoms with Gasteiger partial charge in [0.2, 0.25) is 0 Å². The SMILES string of the molecule is CC(C)c1nc2cc(CNC(=O)c3ccncc3)ccc2n1C. The van der Waals surface area contributed by atoms with E-state index in [9.17, 15) is 4.79 Å². The van der Waals surface area contributed by atoms with Gasteiger partial charge in [0.05, 0.1) is 11.0 Å². The van der Waals surface area contributed by atoms with Crippen molar-refractivity contribution in [2.75, 3.05) is 0 Å². The quantitative estimate of drug-likeness (QED) is 0.806. The average Bonchev–Trinajstić information content (AvgIpc) is 2.90. The standard InChI is InChI=1S/C18H20N4O/c1-12(2)17-21-15-10-13(4-5-16(15)22(17)3)11-20-18(23)14-6-8-19-9-7-14/h4-10,12H,11H2,1-3H3,(H,20,23). The highest BCUT2D eigenvalue weighted by molar-refractivity contribution is 5.94. The van der Waals surface area contributed by atoms with Crippen LogP contribution in [0.15, 0.2) is 42.7 Å². The van der Waals surface area contributed by atoms with Gasteiger partial charge in [0, 0.05) is 37.5 Å². The Labute approximate surface area is 135 Å². The summed E-state index contributed by atoms with van der Waals surface area (Å²) >= 11 is 0. The van der Waals surface area contributed by atoms with E-state index in [0.717, 1.165) is 22.4 Å². The number of carbonyl (C=O) groups is 1. The number of nitrogens with zero attached hydrogens (tertiary/aromatic N) is 3. The normalized spacial score (nSPS) is 11.1. The zero-order valence-electron chi connectivity index (χ0n) is 13.6. The number of amides is 1. The molecule has 1 N–H and O–H groups in total. The van der Waals surface area contributed by atoms with Gasteiger partial charge in [-0.3, -0.25) is 9.78 Å². The molecule has 0 bridgehead atoms. The first-order valence-electron chi connectivity index (χ1n) is 7.69. The first kappa shape index (κ1) is 15.2. The van der Waals surface area contributed by atoms with Gasteiger partial charge in [-0.05, 0) is 29.8 Å². The molecular weight excluding hydrogens is 288 g/mol. The molecule has 0 radical (unpaired) electrons. The number of benzene rings is 1. The summed E-state index contributed by atoms with van der Waals surface area (Å²) < 4.78 is 2.12. The number of hydrogen-bond acceptors (Lipinski definition) is 3. The largest absolute Gasteiger partial charge is 0.348 e. The van der Waals surface area contributed by atoms with Crippen LogP contribution in [-0.4, -0.2) is 20.4 Å². The first-order chi connectivity index (χ1) is 11.1. The van der Waals surface area contributed by atoms with Crippen molar-refractivity contribution in [1.82, 2.24) is 19.9 Å². The van der Waals surface area contributed by atoms with E-state index in [0.29, 0.717) is 18.0 Å². The summed E-state index contributed by atoms with van der Waals surface area (Å²) in [7, 11) is 2.04. The van der Waals surface area contributed by atoms with Gasteiger partial charge >= 0.3 is 0 Å². The fourth-order valence-electron chi connectivity index (χ4n) is 2.68. The van der Waals surface area contributed by atoms with Gasteiger partial charge < -0.3 is 9.88 Å². The maximum atomic E-state index is 12.1. The number of aromatic nitrogens is 3. The third kappa shape index (κ3) is 3.08. The molecule has 0 atom stereocenters. The van der Waals surface area contributed by atoms with Crippen molar-refractivity contribution in [3.05, 3.63) is 59.7 Å². The van der Waals surface area contributed by atoms with E-state index in [1.54, 1.807) is 24.5 Å². The summed E-state index contributed by atoms with van der Waals surface area (Å²) in [6, 6.07) is 9.52. The maximum absolute atomic E-state index is 12.1. The molecule has 5 nitrogen and oxygen atoms in total. The van der Waals surface area contributed by atoms with E-state index in [1.807, 2.05) is 19.2 Å². The van der Waals surface area contributed by atoms with Crippen LogP contribution in [0, 0.1) is 0 Å². The summed E-state index contributed by atoms with van der Waals surface area (Å²) in [5, 5.41) is 2.92. The fourth-order valence-corrected chi connectivity index (χ4v) is 2.68. The van der Waals surface area contributed by atoms with Crippen molar-refractivity contribution in [3.8, 4) is 0 Å². The van der Waals surface area contributed by atoms with E-state index >= 15 is 0 Å². The van der Waals surface area contributed by atoms with Crippen LogP contribution in [0.5, 0.6) is 0 Å². The summed E-state index contributed by atoms with van der Waals surface area (Å²) in [4.78, 5) is 20.7. The lowest BCUT2D eigenvalue weighted by Gasteiger charge is -2.06. The number of nitrogens with one attached hydrogen (secondary N) is 1. The predicted octanol–water partition coefficient (Wildman–Crippen LogP) is 3.02. The van der Waals surface area contributed by atoms with Crippen LogP contribution >= 0.6 is 0 Å². The Morgan fingerprint density at radius 2 is 1.96 bits per heavy atom. The Morgan fingerprint density at radius 3 is 2.65 bits per heavy atom. The Morgan fingerprint density at radius 1 is 1.22 bits per heavy atom. The molecule has 2 aromatic heterocycles. The van der Waals surface area contributed by atoms with Crippen LogP contribution in [0.1, 0.15) is 41.5 Å². The Hall–Kier alpha value is -2.69. The van der Waals surface area contributed by atoms with Crippen molar-refractivity contribution in [2.45, 2.75) is 26.3 Å². The Balaban J connectivity index is 1.77. The van der Waals surface area contributed by atoms with E-state index in [-0.39, 0.29) is 5.91 Å². The minimum Gasteiger partial charge on any atom is -0.348 e. The third-order valence-corrected chi connectivity index (χ3v) is 3.89. The highest BCUT2D eigenvalue weighted by atomic mass is 16.1. The zero-order chi connectivity index (χ0) is 16.4. The number of aryl methyl sites for hydroxylation is 1. The molecule has 1 aromatic carbocycles. The molecule has 23 heavy (non-hydrogen) atoms. The van der Waals surface area contributed by atoms with E-state index in [1.165, 1.54) is 0 Å². The molecule has 0 spiro atoms. The lowest BCUT2D eigenvalue weighted by Crippen LogP contribution is -2.22. The molecule has 0 fully saturated rings. The molecule has 3 rings (SSSR count). The molecule has 0 saturated heterocycles. The lowest BCUT2D eigenvalue weighted by atomic mass is 10.2. The number of pyridine rings is 1. The van der Waals surface area contributed by atoms with Gasteiger partial charge in [0.15, 0.2) is 0 Å².